The van der Waals surface area contributed by atoms with Gasteiger partial charge in [0, 0.05) is 16.8 Å². The van der Waals surface area contributed by atoms with Gasteiger partial charge in [-0.05, 0) is 31.2 Å². The summed E-state index contributed by atoms with van der Waals surface area (Å²) in [7, 11) is -3.39. The van der Waals surface area contributed by atoms with Gasteiger partial charge >= 0.3 is 0 Å². The van der Waals surface area contributed by atoms with Crippen molar-refractivity contribution >= 4 is 33.0 Å². The first-order valence-corrected chi connectivity index (χ1v) is 9.72. The Balaban J connectivity index is 1.98. The van der Waals surface area contributed by atoms with Crippen LogP contribution in [0.15, 0.2) is 53.4 Å². The third-order valence-electron chi connectivity index (χ3n) is 3.61. The van der Waals surface area contributed by atoms with E-state index in [0.717, 1.165) is 11.8 Å². The molecule has 0 spiro atoms. The lowest BCUT2D eigenvalue weighted by atomic mass is 10.1. The van der Waals surface area contributed by atoms with Gasteiger partial charge < -0.3 is 10.6 Å². The van der Waals surface area contributed by atoms with Crippen LogP contribution >= 0.6 is 11.6 Å². The SMILES string of the molecule is C[C@H]([NH2+]CC(=O)Nc1ccccc1S(C)(=O)=O)c1ccc(Cl)cc1. The molecule has 0 unspecified atom stereocenters. The molecule has 24 heavy (non-hydrogen) atoms. The summed E-state index contributed by atoms with van der Waals surface area (Å²) in [5.41, 5.74) is 1.36. The molecule has 0 fully saturated rings. The highest BCUT2D eigenvalue weighted by Crippen LogP contribution is 2.20. The summed E-state index contributed by atoms with van der Waals surface area (Å²) in [4.78, 5) is 12.2. The molecule has 128 valence electrons. The second-order valence-electron chi connectivity index (χ2n) is 5.60. The van der Waals surface area contributed by atoms with Crippen LogP contribution in [0, 0.1) is 0 Å². The van der Waals surface area contributed by atoms with Crippen LogP contribution in [0.3, 0.4) is 0 Å². The van der Waals surface area contributed by atoms with E-state index in [1.807, 2.05) is 36.5 Å². The van der Waals surface area contributed by atoms with Crippen LogP contribution in [-0.2, 0) is 14.6 Å². The number of quaternary nitrogens is 1. The van der Waals surface area contributed by atoms with Crippen LogP contribution in [-0.4, -0.2) is 27.1 Å². The molecular formula is C17H20ClN2O3S+. The van der Waals surface area contributed by atoms with Gasteiger partial charge in [0.1, 0.15) is 6.04 Å². The summed E-state index contributed by atoms with van der Waals surface area (Å²) in [6.07, 6.45) is 1.12. The molecule has 0 radical (unpaired) electrons. The number of benzene rings is 2. The Bertz CT molecular complexity index is 820. The minimum absolute atomic E-state index is 0.0816. The zero-order valence-electron chi connectivity index (χ0n) is 13.5. The van der Waals surface area contributed by atoms with Crippen LogP contribution in [0.1, 0.15) is 18.5 Å². The predicted octanol–water partition coefficient (Wildman–Crippen LogP) is 2.01. The van der Waals surface area contributed by atoms with Gasteiger partial charge in [0.15, 0.2) is 16.4 Å². The summed E-state index contributed by atoms with van der Waals surface area (Å²) >= 11 is 5.86. The van der Waals surface area contributed by atoms with Gasteiger partial charge in [-0.1, -0.05) is 35.9 Å². The van der Waals surface area contributed by atoms with Crippen LogP contribution in [0.2, 0.25) is 5.02 Å². The van der Waals surface area contributed by atoms with Crippen LogP contribution in [0.4, 0.5) is 5.69 Å². The maximum Gasteiger partial charge on any atom is 0.279 e. The fourth-order valence-corrected chi connectivity index (χ4v) is 3.25. The molecule has 0 aliphatic rings. The number of carbonyl (C=O) groups excluding carboxylic acids is 1. The number of halogens is 1. The largest absolute Gasteiger partial charge is 0.333 e. The van der Waals surface area contributed by atoms with E-state index in [0.29, 0.717) is 10.7 Å². The van der Waals surface area contributed by atoms with Crippen molar-refractivity contribution in [3.8, 4) is 0 Å². The van der Waals surface area contributed by atoms with E-state index in [1.165, 1.54) is 6.07 Å². The van der Waals surface area contributed by atoms with E-state index < -0.39 is 9.84 Å². The van der Waals surface area contributed by atoms with Crippen molar-refractivity contribution in [1.82, 2.24) is 0 Å². The van der Waals surface area contributed by atoms with E-state index in [4.69, 9.17) is 11.6 Å². The van der Waals surface area contributed by atoms with Gasteiger partial charge in [-0.15, -0.1) is 0 Å². The number of sulfone groups is 1. The molecule has 0 bridgehead atoms. The molecule has 0 heterocycles. The molecule has 0 aliphatic carbocycles. The molecule has 0 saturated heterocycles. The van der Waals surface area contributed by atoms with Gasteiger partial charge in [-0.3, -0.25) is 4.79 Å². The summed E-state index contributed by atoms with van der Waals surface area (Å²) in [5, 5.41) is 5.21. The Morgan fingerprint density at radius 3 is 2.42 bits per heavy atom. The van der Waals surface area contributed by atoms with Gasteiger partial charge in [0.2, 0.25) is 0 Å². The van der Waals surface area contributed by atoms with E-state index >= 15 is 0 Å². The number of nitrogens with two attached hydrogens (primary N) is 1. The van der Waals surface area contributed by atoms with E-state index in [2.05, 4.69) is 5.32 Å². The third kappa shape index (κ3) is 5.06. The van der Waals surface area contributed by atoms with Crippen molar-refractivity contribution in [2.24, 2.45) is 0 Å². The minimum atomic E-state index is -3.39. The van der Waals surface area contributed by atoms with Crippen LogP contribution in [0.5, 0.6) is 0 Å². The number of para-hydroxylation sites is 1. The molecule has 0 aliphatic heterocycles. The van der Waals surface area contributed by atoms with Crippen LogP contribution in [0.25, 0.3) is 0 Å². The first-order valence-electron chi connectivity index (χ1n) is 7.45. The van der Waals surface area contributed by atoms with Crippen molar-refractivity contribution in [2.75, 3.05) is 18.1 Å². The summed E-state index contributed by atoms with van der Waals surface area (Å²) in [5.74, 6) is -0.257. The fourth-order valence-electron chi connectivity index (χ4n) is 2.28. The average Bonchev–Trinajstić information content (AvgIpc) is 2.53. The normalized spacial score (nSPS) is 12.6. The highest BCUT2D eigenvalue weighted by Gasteiger charge is 2.16. The van der Waals surface area contributed by atoms with Gasteiger partial charge in [-0.2, -0.15) is 0 Å². The number of nitrogens with one attached hydrogen (secondary N) is 1. The van der Waals surface area contributed by atoms with E-state index in [9.17, 15) is 13.2 Å². The molecule has 7 heteroatoms. The average molecular weight is 368 g/mol. The summed E-state index contributed by atoms with van der Waals surface area (Å²) in [6, 6.07) is 13.9. The number of carbonyl (C=O) groups is 1. The Labute approximate surface area is 147 Å². The van der Waals surface area contributed by atoms with Crippen molar-refractivity contribution < 1.29 is 18.5 Å². The lowest BCUT2D eigenvalue weighted by Gasteiger charge is -2.12. The molecule has 2 rings (SSSR count). The topological polar surface area (TPSA) is 79.8 Å². The number of rotatable bonds is 6. The molecule has 1 atom stereocenters. The standard InChI is InChI=1S/C17H19ClN2O3S/c1-12(13-7-9-14(18)10-8-13)19-11-17(21)20-15-5-3-4-6-16(15)24(2,22)23/h3-10,12,19H,11H2,1-2H3,(H,20,21)/p+1/t12-/m0/s1. The molecule has 0 aromatic heterocycles. The van der Waals surface area contributed by atoms with Crippen molar-refractivity contribution in [1.29, 1.82) is 0 Å². The molecule has 3 N–H and O–H groups in total. The maximum absolute atomic E-state index is 12.1. The molecule has 2 aromatic rings. The number of amides is 1. The zero-order valence-corrected chi connectivity index (χ0v) is 15.1. The summed E-state index contributed by atoms with van der Waals surface area (Å²) in [6.45, 7) is 2.17. The molecule has 1 amide bonds. The van der Waals surface area contributed by atoms with Gasteiger partial charge in [0.25, 0.3) is 5.91 Å². The Morgan fingerprint density at radius 2 is 1.79 bits per heavy atom. The summed E-state index contributed by atoms with van der Waals surface area (Å²) < 4.78 is 23.5. The zero-order chi connectivity index (χ0) is 17.7. The van der Waals surface area contributed by atoms with E-state index in [-0.39, 0.29) is 23.4 Å². The second-order valence-corrected chi connectivity index (χ2v) is 8.02. The minimum Gasteiger partial charge on any atom is -0.333 e. The molecule has 5 nitrogen and oxygen atoms in total. The lowest BCUT2D eigenvalue weighted by Crippen LogP contribution is -2.86. The smallest absolute Gasteiger partial charge is 0.279 e. The fraction of sp³-hybridized carbons (Fsp3) is 0.235. The Morgan fingerprint density at radius 1 is 1.17 bits per heavy atom. The van der Waals surface area contributed by atoms with Crippen molar-refractivity contribution in [3.05, 3.63) is 59.1 Å². The van der Waals surface area contributed by atoms with Crippen molar-refractivity contribution in [3.63, 3.8) is 0 Å². The first-order chi connectivity index (χ1) is 11.3. The highest BCUT2D eigenvalue weighted by atomic mass is 35.5. The van der Waals surface area contributed by atoms with Crippen molar-refractivity contribution in [2.45, 2.75) is 17.9 Å². The molecule has 0 saturated carbocycles. The highest BCUT2D eigenvalue weighted by molar-refractivity contribution is 7.90. The third-order valence-corrected chi connectivity index (χ3v) is 5.02. The molecular weight excluding hydrogens is 348 g/mol. The van der Waals surface area contributed by atoms with Crippen LogP contribution < -0.4 is 10.6 Å². The van der Waals surface area contributed by atoms with E-state index in [1.54, 1.807) is 18.2 Å². The predicted molar refractivity (Wildman–Crippen MR) is 94.8 cm³/mol. The lowest BCUT2D eigenvalue weighted by molar-refractivity contribution is -0.682. The van der Waals surface area contributed by atoms with Gasteiger partial charge in [0.05, 0.1) is 10.6 Å². The maximum atomic E-state index is 12.1. The number of anilines is 1. The number of hydrogen-bond acceptors (Lipinski definition) is 3. The number of hydrogen-bond donors (Lipinski definition) is 2. The quantitative estimate of drug-likeness (QED) is 0.819. The Kier molecular flexibility index (Phi) is 5.99. The Hall–Kier alpha value is -1.89. The monoisotopic (exact) mass is 367 g/mol. The molecule has 2 aromatic carbocycles. The second kappa shape index (κ2) is 7.79. The first kappa shape index (κ1) is 18.4. The van der Waals surface area contributed by atoms with Gasteiger partial charge in [-0.25, -0.2) is 8.42 Å².